The summed E-state index contributed by atoms with van der Waals surface area (Å²) in [5.74, 6) is 2.76. The average Bonchev–Trinajstić information content (AvgIpc) is 3.76. The van der Waals surface area contributed by atoms with Crippen molar-refractivity contribution in [1.29, 1.82) is 0 Å². The summed E-state index contributed by atoms with van der Waals surface area (Å²) in [6.45, 7) is 24.8. The number of para-hydroxylation sites is 2. The average molecular weight is 860 g/mol. The number of aromatic nitrogens is 2. The van der Waals surface area contributed by atoms with Gasteiger partial charge in [-0.25, -0.2) is 0 Å². The summed E-state index contributed by atoms with van der Waals surface area (Å²) in [5, 5.41) is 11.0. The molecule has 6 rings (SSSR count). The fraction of sp³-hybridized carbons (Fsp3) is 0.333. The van der Waals surface area contributed by atoms with Crippen LogP contribution < -0.4 is 9.80 Å². The van der Waals surface area contributed by atoms with Gasteiger partial charge in [-0.1, -0.05) is 117 Å². The molecule has 2 heterocycles. The maximum Gasteiger partial charge on any atom is 2.00 e. The van der Waals surface area contributed by atoms with Crippen LogP contribution >= 0.6 is 0 Å². The fourth-order valence-corrected chi connectivity index (χ4v) is 6.93. The van der Waals surface area contributed by atoms with Crippen LogP contribution in [0.2, 0.25) is 0 Å². The molecule has 5 nitrogen and oxygen atoms in total. The minimum absolute atomic E-state index is 0. The molecular formula is C45H52N4OPt. The zero-order valence-electron chi connectivity index (χ0n) is 31.7. The SMILES string of the molecule is CC(C)c1cc(C(C)C)c(N2C=CN(c3[c-]c(-c4cn(-c5c(C(C)C)cccc5C(C)C)c(-c5ccccc5O)n4)ccc3)[CH-]2)c(C(C)C)c1.[Pt+2]. The number of rotatable bonds is 10. The van der Waals surface area contributed by atoms with Crippen LogP contribution in [0.15, 0.2) is 91.4 Å². The number of hydrogen-bond donors (Lipinski definition) is 1. The Hall–Kier alpha value is -4.08. The van der Waals surface area contributed by atoms with Crippen LogP contribution in [0.1, 0.15) is 127 Å². The van der Waals surface area contributed by atoms with Crippen molar-refractivity contribution in [3.05, 3.63) is 132 Å². The van der Waals surface area contributed by atoms with E-state index in [2.05, 4.69) is 163 Å². The number of nitrogens with zero attached hydrogens (tertiary/aromatic N) is 4. The molecule has 0 saturated carbocycles. The summed E-state index contributed by atoms with van der Waals surface area (Å²) in [6.07, 6.45) is 6.38. The number of hydrogen-bond acceptors (Lipinski definition) is 4. The molecule has 0 bridgehead atoms. The molecule has 1 N–H and O–H groups in total. The van der Waals surface area contributed by atoms with E-state index in [0.29, 0.717) is 41.0 Å². The van der Waals surface area contributed by atoms with Crippen LogP contribution in [0.5, 0.6) is 5.75 Å². The van der Waals surface area contributed by atoms with E-state index in [9.17, 15) is 5.11 Å². The van der Waals surface area contributed by atoms with Gasteiger partial charge in [-0.15, -0.1) is 36.5 Å². The zero-order valence-corrected chi connectivity index (χ0v) is 33.9. The first kappa shape index (κ1) is 38.2. The normalized spacial score (nSPS) is 13.1. The topological polar surface area (TPSA) is 44.5 Å². The van der Waals surface area contributed by atoms with E-state index in [1.165, 1.54) is 33.5 Å². The molecule has 268 valence electrons. The molecule has 0 aliphatic carbocycles. The van der Waals surface area contributed by atoms with E-state index in [0.717, 1.165) is 22.6 Å². The van der Waals surface area contributed by atoms with Crippen molar-refractivity contribution in [2.24, 2.45) is 0 Å². The summed E-state index contributed by atoms with van der Waals surface area (Å²) in [4.78, 5) is 9.63. The van der Waals surface area contributed by atoms with Gasteiger partial charge in [0, 0.05) is 11.4 Å². The molecular weight excluding hydrogens is 808 g/mol. The molecule has 0 atom stereocenters. The Morgan fingerprint density at radius 1 is 0.627 bits per heavy atom. The van der Waals surface area contributed by atoms with Crippen molar-refractivity contribution in [1.82, 2.24) is 9.55 Å². The first-order valence-electron chi connectivity index (χ1n) is 18.2. The Morgan fingerprint density at radius 2 is 1.20 bits per heavy atom. The molecule has 1 aliphatic heterocycles. The summed E-state index contributed by atoms with van der Waals surface area (Å²) < 4.78 is 2.18. The summed E-state index contributed by atoms with van der Waals surface area (Å²) in [5.41, 5.74) is 12.3. The predicted octanol–water partition coefficient (Wildman–Crippen LogP) is 12.2. The first-order valence-corrected chi connectivity index (χ1v) is 18.2. The number of phenols is 1. The molecule has 1 aromatic heterocycles. The van der Waals surface area contributed by atoms with Crippen molar-refractivity contribution in [3.8, 4) is 34.1 Å². The van der Waals surface area contributed by atoms with Gasteiger partial charge in [0.25, 0.3) is 0 Å². The van der Waals surface area contributed by atoms with E-state index in [-0.39, 0.29) is 26.8 Å². The Labute approximate surface area is 320 Å². The molecule has 0 unspecified atom stereocenters. The second-order valence-electron chi connectivity index (χ2n) is 15.1. The van der Waals surface area contributed by atoms with Crippen LogP contribution in [0.3, 0.4) is 0 Å². The molecule has 4 aromatic carbocycles. The Balaban J connectivity index is 0.00000504. The third-order valence-corrected chi connectivity index (χ3v) is 9.76. The van der Waals surface area contributed by atoms with Gasteiger partial charge in [-0.2, -0.15) is 0 Å². The standard InChI is InChI=1S/C45H52N4O.Pt/c1-28(2)34-24-39(31(7)8)43(40(25-34)32(9)10)48-22-21-47(27-48)35-16-13-15-33(23-35)41-26-49(45(46-41)38-17-11-12-20-42(38)50)44-36(29(3)4)18-14-19-37(44)30(5)6;/h11-22,24-32,50H,1-10H3;/q-2;+2. The first-order chi connectivity index (χ1) is 23.8. The molecule has 0 fully saturated rings. The maximum atomic E-state index is 11.0. The Bertz CT molecular complexity index is 1960. The van der Waals surface area contributed by atoms with Gasteiger partial charge in [0.1, 0.15) is 11.6 Å². The summed E-state index contributed by atoms with van der Waals surface area (Å²) >= 11 is 0. The quantitative estimate of drug-likeness (QED) is 0.142. The fourth-order valence-electron chi connectivity index (χ4n) is 6.93. The molecule has 51 heavy (non-hydrogen) atoms. The third kappa shape index (κ3) is 7.60. The van der Waals surface area contributed by atoms with Gasteiger partial charge in [0.2, 0.25) is 0 Å². The van der Waals surface area contributed by atoms with Crippen molar-refractivity contribution in [3.63, 3.8) is 0 Å². The Morgan fingerprint density at radius 3 is 1.76 bits per heavy atom. The van der Waals surface area contributed by atoms with Crippen LogP contribution in [0.4, 0.5) is 11.4 Å². The van der Waals surface area contributed by atoms with E-state index < -0.39 is 0 Å². The molecule has 0 radical (unpaired) electrons. The molecule has 0 amide bonds. The smallest absolute Gasteiger partial charge is 0.507 e. The molecule has 6 heteroatoms. The van der Waals surface area contributed by atoms with Crippen LogP contribution in [0.25, 0.3) is 28.3 Å². The van der Waals surface area contributed by atoms with Gasteiger partial charge in [-0.05, 0) is 88.1 Å². The monoisotopic (exact) mass is 859 g/mol. The number of anilines is 2. The summed E-state index contributed by atoms with van der Waals surface area (Å²) in [7, 11) is 0. The molecule has 0 spiro atoms. The van der Waals surface area contributed by atoms with E-state index in [1.54, 1.807) is 6.07 Å². The van der Waals surface area contributed by atoms with E-state index >= 15 is 0 Å². The second kappa shape index (κ2) is 15.7. The van der Waals surface area contributed by atoms with Crippen LogP contribution in [-0.2, 0) is 21.1 Å². The number of benzene rings is 4. The maximum absolute atomic E-state index is 11.0. The van der Waals surface area contributed by atoms with Crippen LogP contribution in [-0.4, -0.2) is 14.7 Å². The number of imidazole rings is 1. The predicted molar refractivity (Wildman–Crippen MR) is 210 cm³/mol. The van der Waals surface area contributed by atoms with Gasteiger partial charge < -0.3 is 19.5 Å². The zero-order chi connectivity index (χ0) is 35.9. The molecule has 5 aromatic rings. The molecule has 0 saturated heterocycles. The second-order valence-corrected chi connectivity index (χ2v) is 15.1. The number of phenolic OH excluding ortho intramolecular Hbond substituents is 1. The van der Waals surface area contributed by atoms with Gasteiger partial charge in [-0.3, -0.25) is 4.98 Å². The van der Waals surface area contributed by atoms with Crippen molar-refractivity contribution < 1.29 is 26.2 Å². The van der Waals surface area contributed by atoms with E-state index in [1.807, 2.05) is 18.2 Å². The molecule has 1 aliphatic rings. The van der Waals surface area contributed by atoms with Gasteiger partial charge >= 0.3 is 21.1 Å². The van der Waals surface area contributed by atoms with Crippen molar-refractivity contribution in [2.75, 3.05) is 9.80 Å². The van der Waals surface area contributed by atoms with Crippen LogP contribution in [0, 0.1) is 12.7 Å². The van der Waals surface area contributed by atoms with Crippen molar-refractivity contribution >= 4 is 11.4 Å². The van der Waals surface area contributed by atoms with Gasteiger partial charge in [0.15, 0.2) is 0 Å². The van der Waals surface area contributed by atoms with Crippen molar-refractivity contribution in [2.45, 2.75) is 98.8 Å². The Kier molecular flexibility index (Phi) is 11.7. The summed E-state index contributed by atoms with van der Waals surface area (Å²) in [6, 6.07) is 28.7. The minimum atomic E-state index is 0. The minimum Gasteiger partial charge on any atom is -0.507 e. The van der Waals surface area contributed by atoms with E-state index in [4.69, 9.17) is 4.98 Å². The van der Waals surface area contributed by atoms with Gasteiger partial charge in [0.05, 0.1) is 11.3 Å². The third-order valence-electron chi connectivity index (χ3n) is 9.76. The largest absolute Gasteiger partial charge is 2.00 e. The number of aromatic hydroxyl groups is 1.